The Morgan fingerprint density at radius 3 is 2.81 bits per heavy atom. The van der Waals surface area contributed by atoms with E-state index in [1.807, 2.05) is 18.2 Å². The van der Waals surface area contributed by atoms with Crippen molar-refractivity contribution in [3.63, 3.8) is 0 Å². The number of benzene rings is 1. The first-order valence-corrected chi connectivity index (χ1v) is 9.13. The van der Waals surface area contributed by atoms with E-state index >= 15 is 0 Å². The molecule has 0 unspecified atom stereocenters. The Kier molecular flexibility index (Phi) is 5.04. The summed E-state index contributed by atoms with van der Waals surface area (Å²) in [6, 6.07) is 10.6. The van der Waals surface area contributed by atoms with Crippen molar-refractivity contribution in [2.75, 3.05) is 6.54 Å². The normalized spacial score (nSPS) is 25.8. The molecule has 138 valence electrons. The van der Waals surface area contributed by atoms with Gasteiger partial charge in [-0.1, -0.05) is 12.1 Å². The zero-order chi connectivity index (χ0) is 17.9. The van der Waals surface area contributed by atoms with Gasteiger partial charge in [0.2, 0.25) is 5.91 Å². The first-order valence-electron chi connectivity index (χ1n) is 9.13. The average molecular weight is 358 g/mol. The maximum Gasteiger partial charge on any atom is 0.249 e. The molecule has 0 saturated carbocycles. The summed E-state index contributed by atoms with van der Waals surface area (Å²) in [4.78, 5) is 14.7. The molecule has 1 amide bonds. The zero-order valence-electron chi connectivity index (χ0n) is 14.6. The van der Waals surface area contributed by atoms with Gasteiger partial charge in [0.15, 0.2) is 0 Å². The number of hydrogen-bond donors (Lipinski definition) is 1. The van der Waals surface area contributed by atoms with E-state index in [4.69, 9.17) is 9.15 Å². The van der Waals surface area contributed by atoms with Gasteiger partial charge < -0.3 is 14.5 Å². The van der Waals surface area contributed by atoms with Crippen LogP contribution in [-0.2, 0) is 22.6 Å². The first-order chi connectivity index (χ1) is 12.7. The summed E-state index contributed by atoms with van der Waals surface area (Å²) in [5, 5.41) is 2.88. The van der Waals surface area contributed by atoms with Crippen LogP contribution in [0.1, 0.15) is 30.6 Å². The molecule has 0 bridgehead atoms. The van der Waals surface area contributed by atoms with Crippen molar-refractivity contribution in [1.29, 1.82) is 0 Å². The van der Waals surface area contributed by atoms with E-state index < -0.39 is 6.10 Å². The fourth-order valence-corrected chi connectivity index (χ4v) is 3.93. The van der Waals surface area contributed by atoms with Crippen molar-refractivity contribution in [2.45, 2.75) is 50.6 Å². The van der Waals surface area contributed by atoms with Crippen molar-refractivity contribution in [2.24, 2.45) is 0 Å². The Balaban J connectivity index is 1.30. The molecule has 0 aliphatic carbocycles. The molecule has 2 aliphatic heterocycles. The molecule has 6 heteroatoms. The van der Waals surface area contributed by atoms with Gasteiger partial charge in [0.1, 0.15) is 17.7 Å². The second-order valence-corrected chi connectivity index (χ2v) is 6.99. The third kappa shape index (κ3) is 3.81. The van der Waals surface area contributed by atoms with Gasteiger partial charge in [-0.05, 0) is 49.1 Å². The standard InChI is InChI=1S/C20H23FN2O3/c21-15-5-3-14(4-6-15)13-23-10-9-18-17(23)7-8-19(26-18)20(24)22-12-16-2-1-11-25-16/h1-6,11,17-19H,7-10,12-13H2,(H,22,24)/t17-,18-,19-/m0/s1. The van der Waals surface area contributed by atoms with Crippen LogP contribution in [0.15, 0.2) is 47.1 Å². The van der Waals surface area contributed by atoms with Gasteiger partial charge in [0, 0.05) is 19.1 Å². The van der Waals surface area contributed by atoms with Crippen LogP contribution in [-0.4, -0.2) is 35.6 Å². The fraction of sp³-hybridized carbons (Fsp3) is 0.450. The van der Waals surface area contributed by atoms with Crippen molar-refractivity contribution < 1.29 is 18.3 Å². The number of carbonyl (C=O) groups is 1. The number of amides is 1. The van der Waals surface area contributed by atoms with Gasteiger partial charge in [0.05, 0.1) is 18.9 Å². The molecule has 3 heterocycles. The minimum Gasteiger partial charge on any atom is -0.467 e. The number of nitrogens with zero attached hydrogens (tertiary/aromatic N) is 1. The molecule has 4 rings (SSSR count). The van der Waals surface area contributed by atoms with Crippen molar-refractivity contribution in [3.8, 4) is 0 Å². The van der Waals surface area contributed by atoms with Crippen LogP contribution >= 0.6 is 0 Å². The lowest BCUT2D eigenvalue weighted by molar-refractivity contribution is -0.144. The second kappa shape index (κ2) is 7.60. The minimum absolute atomic E-state index is 0.0724. The Morgan fingerprint density at radius 1 is 1.19 bits per heavy atom. The molecule has 1 aromatic carbocycles. The summed E-state index contributed by atoms with van der Waals surface area (Å²) < 4.78 is 24.4. The van der Waals surface area contributed by atoms with E-state index in [1.165, 1.54) is 12.1 Å². The summed E-state index contributed by atoms with van der Waals surface area (Å²) in [7, 11) is 0. The molecule has 1 N–H and O–H groups in total. The highest BCUT2D eigenvalue weighted by atomic mass is 19.1. The van der Waals surface area contributed by atoms with Crippen LogP contribution in [0.4, 0.5) is 4.39 Å². The summed E-state index contributed by atoms with van der Waals surface area (Å²) >= 11 is 0. The molecule has 2 fully saturated rings. The first kappa shape index (κ1) is 17.2. The van der Waals surface area contributed by atoms with Crippen molar-refractivity contribution in [3.05, 3.63) is 59.8 Å². The number of furan rings is 1. The third-order valence-electron chi connectivity index (χ3n) is 5.27. The number of likely N-dealkylation sites (tertiary alicyclic amines) is 1. The van der Waals surface area contributed by atoms with E-state index in [9.17, 15) is 9.18 Å². The van der Waals surface area contributed by atoms with E-state index in [1.54, 1.807) is 12.3 Å². The number of carbonyl (C=O) groups excluding carboxylic acids is 1. The number of hydrogen-bond acceptors (Lipinski definition) is 4. The van der Waals surface area contributed by atoms with Gasteiger partial charge in [-0.2, -0.15) is 0 Å². The van der Waals surface area contributed by atoms with Crippen molar-refractivity contribution >= 4 is 5.91 Å². The Bertz CT molecular complexity index is 732. The van der Waals surface area contributed by atoms with Gasteiger partial charge >= 0.3 is 0 Å². The number of nitrogens with one attached hydrogen (secondary N) is 1. The SMILES string of the molecule is O=C(NCc1ccco1)[C@@H]1CC[C@H]2[C@H](CCN2Cc2ccc(F)cc2)O1. The maximum atomic E-state index is 13.1. The van der Waals surface area contributed by atoms with Crippen LogP contribution in [0.5, 0.6) is 0 Å². The van der Waals surface area contributed by atoms with Gasteiger partial charge in [0.25, 0.3) is 0 Å². The third-order valence-corrected chi connectivity index (χ3v) is 5.27. The average Bonchev–Trinajstić information content (AvgIpc) is 3.31. The topological polar surface area (TPSA) is 54.7 Å². The monoisotopic (exact) mass is 358 g/mol. The molecular weight excluding hydrogens is 335 g/mol. The Morgan fingerprint density at radius 2 is 2.04 bits per heavy atom. The number of rotatable bonds is 5. The Labute approximate surface area is 152 Å². The van der Waals surface area contributed by atoms with Crippen LogP contribution in [0, 0.1) is 5.82 Å². The smallest absolute Gasteiger partial charge is 0.249 e. The molecule has 0 spiro atoms. The molecule has 3 atom stereocenters. The fourth-order valence-electron chi connectivity index (χ4n) is 3.93. The lowest BCUT2D eigenvalue weighted by Crippen LogP contribution is -2.47. The lowest BCUT2D eigenvalue weighted by atomic mass is 9.98. The van der Waals surface area contributed by atoms with E-state index in [0.717, 1.165) is 37.3 Å². The van der Waals surface area contributed by atoms with E-state index in [-0.39, 0.29) is 17.8 Å². The molecule has 2 saturated heterocycles. The minimum atomic E-state index is -0.392. The predicted octanol–water partition coefficient (Wildman–Crippen LogP) is 2.86. The molecular formula is C20H23FN2O3. The van der Waals surface area contributed by atoms with Crippen LogP contribution in [0.25, 0.3) is 0 Å². The van der Waals surface area contributed by atoms with Crippen LogP contribution in [0.2, 0.25) is 0 Å². The lowest BCUT2D eigenvalue weighted by Gasteiger charge is -2.35. The second-order valence-electron chi connectivity index (χ2n) is 6.99. The number of halogens is 1. The van der Waals surface area contributed by atoms with Crippen LogP contribution < -0.4 is 5.32 Å². The Hall–Kier alpha value is -2.18. The molecule has 0 radical (unpaired) electrons. The quantitative estimate of drug-likeness (QED) is 0.893. The molecule has 5 nitrogen and oxygen atoms in total. The predicted molar refractivity (Wildman–Crippen MR) is 93.7 cm³/mol. The molecule has 26 heavy (non-hydrogen) atoms. The summed E-state index contributed by atoms with van der Waals surface area (Å²) in [5.41, 5.74) is 1.10. The number of ether oxygens (including phenoxy) is 1. The van der Waals surface area contributed by atoms with Gasteiger partial charge in [-0.3, -0.25) is 9.69 Å². The largest absolute Gasteiger partial charge is 0.467 e. The van der Waals surface area contributed by atoms with Crippen LogP contribution in [0.3, 0.4) is 0 Å². The highest BCUT2D eigenvalue weighted by Gasteiger charge is 2.41. The molecule has 2 aliphatic rings. The maximum absolute atomic E-state index is 13.1. The van der Waals surface area contributed by atoms with E-state index in [0.29, 0.717) is 19.0 Å². The molecule has 2 aromatic rings. The zero-order valence-corrected chi connectivity index (χ0v) is 14.6. The van der Waals surface area contributed by atoms with Gasteiger partial charge in [-0.15, -0.1) is 0 Å². The summed E-state index contributed by atoms with van der Waals surface area (Å²) in [5.74, 6) is 0.452. The van der Waals surface area contributed by atoms with Crippen molar-refractivity contribution in [1.82, 2.24) is 10.2 Å². The molecule has 1 aromatic heterocycles. The summed E-state index contributed by atoms with van der Waals surface area (Å²) in [6.45, 7) is 2.12. The highest BCUT2D eigenvalue weighted by Crippen LogP contribution is 2.32. The van der Waals surface area contributed by atoms with Gasteiger partial charge in [-0.25, -0.2) is 4.39 Å². The summed E-state index contributed by atoms with van der Waals surface area (Å²) in [6.07, 6.45) is 3.86. The highest BCUT2D eigenvalue weighted by molar-refractivity contribution is 5.80. The van der Waals surface area contributed by atoms with E-state index in [2.05, 4.69) is 10.2 Å². The number of fused-ring (bicyclic) bond motifs is 1.